The van der Waals surface area contributed by atoms with Gasteiger partial charge >= 0.3 is 12.1 Å². The van der Waals surface area contributed by atoms with Crippen LogP contribution in [-0.4, -0.2) is 30.7 Å². The van der Waals surface area contributed by atoms with Crippen molar-refractivity contribution in [2.45, 2.75) is 27.2 Å². The molecule has 0 aromatic carbocycles. The van der Waals surface area contributed by atoms with Gasteiger partial charge in [-0.2, -0.15) is 0 Å². The van der Waals surface area contributed by atoms with Crippen molar-refractivity contribution in [1.82, 2.24) is 4.90 Å². The molecule has 0 aliphatic heterocycles. The van der Waals surface area contributed by atoms with Gasteiger partial charge in [-0.05, 0) is 20.3 Å². The van der Waals surface area contributed by atoms with E-state index in [1.165, 1.54) is 7.05 Å². The van der Waals surface area contributed by atoms with E-state index in [1.54, 1.807) is 13.8 Å². The van der Waals surface area contributed by atoms with Crippen LogP contribution in [0, 0.1) is 5.41 Å². The Bertz CT molecular complexity index is 242. The van der Waals surface area contributed by atoms with Gasteiger partial charge in [0, 0.05) is 20.0 Å². The number of ether oxygens (including phenoxy) is 1. The van der Waals surface area contributed by atoms with Crippen molar-refractivity contribution in [2.75, 3.05) is 13.8 Å². The monoisotopic (exact) mass is 235 g/mol. The van der Waals surface area contributed by atoms with Gasteiger partial charge in [0.15, 0.2) is 6.73 Å². The molecular formula is C9H17NO4S. The molecule has 0 rings (SSSR count). The molecule has 0 bridgehead atoms. The first-order valence-corrected chi connectivity index (χ1v) is 4.95. The number of amides is 1. The van der Waals surface area contributed by atoms with Crippen LogP contribution in [0.15, 0.2) is 0 Å². The van der Waals surface area contributed by atoms with E-state index in [1.807, 2.05) is 6.92 Å². The number of hydrogen-bond donors (Lipinski definition) is 1. The summed E-state index contributed by atoms with van der Waals surface area (Å²) in [6.07, 6.45) is 0.00692. The van der Waals surface area contributed by atoms with Crippen molar-refractivity contribution in [3.63, 3.8) is 0 Å². The highest BCUT2D eigenvalue weighted by Crippen LogP contribution is 2.21. The maximum absolute atomic E-state index is 11.5. The van der Waals surface area contributed by atoms with Crippen molar-refractivity contribution in [3.05, 3.63) is 0 Å². The summed E-state index contributed by atoms with van der Waals surface area (Å²) in [5.74, 6) is -0.344. The summed E-state index contributed by atoms with van der Waals surface area (Å²) < 4.78 is 9.08. The molecule has 0 aliphatic carbocycles. The summed E-state index contributed by atoms with van der Waals surface area (Å²) in [7, 11) is 1.45. The van der Waals surface area contributed by atoms with Crippen LogP contribution in [0.3, 0.4) is 0 Å². The normalized spacial score (nSPS) is 10.7. The van der Waals surface area contributed by atoms with Crippen molar-refractivity contribution in [1.29, 1.82) is 0 Å². The first-order valence-electron chi connectivity index (χ1n) is 4.59. The lowest BCUT2D eigenvalue weighted by Crippen LogP contribution is -2.33. The Morgan fingerprint density at radius 3 is 2.33 bits per heavy atom. The zero-order chi connectivity index (χ0) is 12.1. The average molecular weight is 235 g/mol. The van der Waals surface area contributed by atoms with E-state index in [-0.39, 0.29) is 12.7 Å². The number of nitrogens with zero attached hydrogens (tertiary/aromatic N) is 1. The molecular weight excluding hydrogens is 218 g/mol. The topological polar surface area (TPSA) is 55.8 Å². The van der Waals surface area contributed by atoms with Crippen molar-refractivity contribution in [2.24, 2.45) is 5.41 Å². The van der Waals surface area contributed by atoms with Gasteiger partial charge in [-0.1, -0.05) is 6.92 Å². The Kier molecular flexibility index (Phi) is 5.49. The van der Waals surface area contributed by atoms with Crippen LogP contribution in [0.1, 0.15) is 27.2 Å². The van der Waals surface area contributed by atoms with E-state index in [4.69, 9.17) is 4.74 Å². The predicted molar refractivity (Wildman–Crippen MR) is 58.3 cm³/mol. The second kappa shape index (κ2) is 5.85. The van der Waals surface area contributed by atoms with Gasteiger partial charge in [-0.15, -0.1) is 0 Å². The summed E-state index contributed by atoms with van der Waals surface area (Å²) in [4.78, 5) is 23.5. The van der Waals surface area contributed by atoms with E-state index in [0.29, 0.717) is 6.42 Å². The van der Waals surface area contributed by atoms with Gasteiger partial charge in [0.25, 0.3) is 0 Å². The molecule has 0 aromatic heterocycles. The zero-order valence-electron chi connectivity index (χ0n) is 9.44. The highest BCUT2D eigenvalue weighted by Gasteiger charge is 2.27. The molecule has 0 unspecified atom stereocenters. The van der Waals surface area contributed by atoms with Crippen LogP contribution in [0.4, 0.5) is 4.79 Å². The molecule has 1 amide bonds. The number of rotatable bonds is 4. The Balaban J connectivity index is 4.07. The predicted octanol–water partition coefficient (Wildman–Crippen LogP) is 1.84. The zero-order valence-corrected chi connectivity index (χ0v) is 10.3. The lowest BCUT2D eigenvalue weighted by atomic mass is 9.91. The third-order valence-corrected chi connectivity index (χ3v) is 2.37. The van der Waals surface area contributed by atoms with E-state index in [2.05, 4.69) is 17.1 Å². The molecule has 0 fully saturated rings. The first kappa shape index (κ1) is 14.1. The quantitative estimate of drug-likeness (QED) is 0.349. The molecule has 6 heteroatoms. The molecule has 0 spiro atoms. The van der Waals surface area contributed by atoms with Gasteiger partial charge in [0.05, 0.1) is 5.41 Å². The number of carbonyl (C=O) groups excluding carboxylic acids is 2. The molecule has 0 saturated carbocycles. The molecule has 0 atom stereocenters. The fourth-order valence-electron chi connectivity index (χ4n) is 0.618. The molecule has 0 N–H and O–H groups in total. The third kappa shape index (κ3) is 4.42. The maximum Gasteiger partial charge on any atom is 0.424 e. The van der Waals surface area contributed by atoms with Crippen LogP contribution in [0.5, 0.6) is 0 Å². The van der Waals surface area contributed by atoms with Crippen LogP contribution in [0.25, 0.3) is 0 Å². The minimum atomic E-state index is -0.666. The number of carbonyl (C=O) groups is 2. The number of hydrogen-bond acceptors (Lipinski definition) is 5. The summed E-state index contributed by atoms with van der Waals surface area (Å²) in [5, 5.41) is 0. The molecule has 0 radical (unpaired) electrons. The van der Waals surface area contributed by atoms with Crippen LogP contribution < -0.4 is 0 Å². The van der Waals surface area contributed by atoms with Gasteiger partial charge in [0.2, 0.25) is 0 Å². The average Bonchev–Trinajstić information content (AvgIpc) is 2.23. The molecule has 0 aromatic rings. The number of thiol groups is 1. The standard InChI is InChI=1S/C9H17NO4S/c1-5-9(2,3)7(11)13-6-10(4)8(12)14-15/h15H,5-6H2,1-4H3. The lowest BCUT2D eigenvalue weighted by Gasteiger charge is -2.22. The van der Waals surface area contributed by atoms with Crippen LogP contribution in [-0.2, 0) is 13.7 Å². The smallest absolute Gasteiger partial charge is 0.424 e. The van der Waals surface area contributed by atoms with Crippen molar-refractivity contribution < 1.29 is 18.5 Å². The third-order valence-electron chi connectivity index (χ3n) is 2.22. The summed E-state index contributed by atoms with van der Waals surface area (Å²) in [6.45, 7) is 5.33. The Morgan fingerprint density at radius 1 is 1.40 bits per heavy atom. The fraction of sp³-hybridized carbons (Fsp3) is 0.778. The van der Waals surface area contributed by atoms with Gasteiger partial charge in [-0.25, -0.2) is 4.79 Å². The minimum Gasteiger partial charge on any atom is -0.444 e. The van der Waals surface area contributed by atoms with Crippen LogP contribution >= 0.6 is 12.9 Å². The van der Waals surface area contributed by atoms with E-state index in [9.17, 15) is 9.59 Å². The highest BCUT2D eigenvalue weighted by atomic mass is 32.1. The van der Waals surface area contributed by atoms with Gasteiger partial charge in [0.1, 0.15) is 0 Å². The second-order valence-corrected chi connectivity index (χ2v) is 4.04. The minimum absolute atomic E-state index is 0.137. The Hall–Kier alpha value is -0.910. The molecule has 0 heterocycles. The van der Waals surface area contributed by atoms with Crippen LogP contribution in [0.2, 0.25) is 0 Å². The van der Waals surface area contributed by atoms with Gasteiger partial charge < -0.3 is 8.92 Å². The largest absolute Gasteiger partial charge is 0.444 e. The van der Waals surface area contributed by atoms with E-state index < -0.39 is 11.5 Å². The molecule has 15 heavy (non-hydrogen) atoms. The van der Waals surface area contributed by atoms with Crippen molar-refractivity contribution in [3.8, 4) is 0 Å². The molecule has 5 nitrogen and oxygen atoms in total. The second-order valence-electron chi connectivity index (χ2n) is 3.85. The fourth-order valence-corrected chi connectivity index (χ4v) is 0.757. The molecule has 88 valence electrons. The summed E-state index contributed by atoms with van der Waals surface area (Å²) in [6, 6.07) is 0. The first-order chi connectivity index (χ1) is 6.85. The Labute approximate surface area is 95.3 Å². The molecule has 0 aliphatic rings. The highest BCUT2D eigenvalue weighted by molar-refractivity contribution is 7.75. The summed E-state index contributed by atoms with van der Waals surface area (Å²) >= 11 is 3.34. The Morgan fingerprint density at radius 2 is 1.93 bits per heavy atom. The van der Waals surface area contributed by atoms with E-state index in [0.717, 1.165) is 4.90 Å². The SMILES string of the molecule is CCC(C)(C)C(=O)OCN(C)C(=O)OS. The lowest BCUT2D eigenvalue weighted by molar-refractivity contribution is -0.157. The number of esters is 1. The van der Waals surface area contributed by atoms with E-state index >= 15 is 0 Å². The molecule has 0 saturated heterocycles. The maximum atomic E-state index is 11.5. The summed E-state index contributed by atoms with van der Waals surface area (Å²) in [5.41, 5.74) is -0.536. The van der Waals surface area contributed by atoms with Crippen molar-refractivity contribution >= 4 is 25.0 Å². The van der Waals surface area contributed by atoms with Gasteiger partial charge in [-0.3, -0.25) is 9.69 Å².